The third kappa shape index (κ3) is 2.52. The quantitative estimate of drug-likeness (QED) is 0.475. The number of fused-ring (bicyclic) bond motifs is 4. The molecule has 3 aromatic heterocycles. The maximum absolute atomic E-state index is 9.95. The molecule has 144 valence electrons. The molecule has 0 aliphatic carbocycles. The summed E-state index contributed by atoms with van der Waals surface area (Å²) in [5, 5.41) is 14.6. The topological polar surface area (TPSA) is 85.4 Å². The van der Waals surface area contributed by atoms with Crippen LogP contribution in [-0.2, 0) is 0 Å². The van der Waals surface area contributed by atoms with Crippen molar-refractivity contribution >= 4 is 5.65 Å². The zero-order chi connectivity index (χ0) is 20.1. The van der Waals surface area contributed by atoms with E-state index in [9.17, 15) is 5.11 Å². The van der Waals surface area contributed by atoms with Gasteiger partial charge < -0.3 is 9.84 Å². The summed E-state index contributed by atoms with van der Waals surface area (Å²) in [6.07, 6.45) is 5.17. The van der Waals surface area contributed by atoms with E-state index in [0.717, 1.165) is 22.3 Å². The Labute approximate surface area is 171 Å². The highest BCUT2D eigenvalue weighted by atomic mass is 16.5. The van der Waals surface area contributed by atoms with E-state index in [0.29, 0.717) is 23.1 Å². The Bertz CT molecular complexity index is 1380. The molecule has 1 unspecified atom stereocenters. The monoisotopic (exact) mass is 393 g/mol. The summed E-state index contributed by atoms with van der Waals surface area (Å²) in [5.41, 5.74) is 4.31. The third-order valence-corrected chi connectivity index (χ3v) is 5.24. The number of hydrogen-bond acceptors (Lipinski definition) is 6. The summed E-state index contributed by atoms with van der Waals surface area (Å²) in [6, 6.07) is 18.9. The zero-order valence-corrected chi connectivity index (χ0v) is 15.7. The van der Waals surface area contributed by atoms with Gasteiger partial charge in [-0.15, -0.1) is 5.10 Å². The molecule has 0 bridgehead atoms. The number of phenols is 1. The second kappa shape index (κ2) is 6.38. The molecule has 0 amide bonds. The van der Waals surface area contributed by atoms with Crippen molar-refractivity contribution in [2.75, 3.05) is 0 Å². The Kier molecular flexibility index (Phi) is 3.55. The lowest BCUT2D eigenvalue weighted by Crippen LogP contribution is -2.15. The summed E-state index contributed by atoms with van der Waals surface area (Å²) in [7, 11) is 0. The van der Waals surface area contributed by atoms with Crippen LogP contribution in [0.1, 0.15) is 22.6 Å². The molecule has 0 spiro atoms. The van der Waals surface area contributed by atoms with Crippen molar-refractivity contribution in [1.29, 1.82) is 0 Å². The van der Waals surface area contributed by atoms with Crippen molar-refractivity contribution in [3.63, 3.8) is 0 Å². The van der Waals surface area contributed by atoms with Gasteiger partial charge in [-0.05, 0) is 17.7 Å². The maximum Gasteiger partial charge on any atom is 0.228 e. The van der Waals surface area contributed by atoms with Crippen molar-refractivity contribution in [2.24, 2.45) is 0 Å². The number of aromatic hydroxyl groups is 1. The fourth-order valence-electron chi connectivity index (χ4n) is 3.91. The Hall–Kier alpha value is -4.26. The van der Waals surface area contributed by atoms with E-state index in [4.69, 9.17) is 9.72 Å². The minimum atomic E-state index is -0.206. The van der Waals surface area contributed by atoms with Gasteiger partial charge in [0.15, 0.2) is 11.5 Å². The molecule has 0 saturated carbocycles. The van der Waals surface area contributed by atoms with Gasteiger partial charge in [0, 0.05) is 35.5 Å². The smallest absolute Gasteiger partial charge is 0.228 e. The zero-order valence-electron chi connectivity index (χ0n) is 15.7. The Morgan fingerprint density at radius 1 is 1.00 bits per heavy atom. The highest BCUT2D eigenvalue weighted by molar-refractivity contribution is 5.68. The molecule has 7 nitrogen and oxygen atoms in total. The van der Waals surface area contributed by atoms with Gasteiger partial charge in [0.1, 0.15) is 17.8 Å². The van der Waals surface area contributed by atoms with Crippen molar-refractivity contribution in [3.05, 3.63) is 96.1 Å². The molecule has 1 N–H and O–H groups in total. The lowest BCUT2D eigenvalue weighted by atomic mass is 9.84. The minimum Gasteiger partial charge on any atom is -0.508 e. The van der Waals surface area contributed by atoms with Crippen molar-refractivity contribution < 1.29 is 9.84 Å². The molecule has 1 aliphatic rings. The molecule has 2 aromatic carbocycles. The van der Waals surface area contributed by atoms with Crippen LogP contribution in [0, 0.1) is 0 Å². The number of ether oxygens (including phenoxy) is 1. The fourth-order valence-corrected chi connectivity index (χ4v) is 3.91. The standard InChI is InChI=1S/C23H15N5O2/c29-16-8-9-17-18(11-16)30-23-20(19(17)15-7-4-10-24-12-15)22-26-21(27-28(22)13-25-23)14-5-2-1-3-6-14/h1-13,19,29H. The Morgan fingerprint density at radius 3 is 2.73 bits per heavy atom. The average Bonchev–Trinajstić information content (AvgIpc) is 3.23. The van der Waals surface area contributed by atoms with Gasteiger partial charge in [0.2, 0.25) is 5.88 Å². The first-order chi connectivity index (χ1) is 14.8. The van der Waals surface area contributed by atoms with Crippen LogP contribution in [0.5, 0.6) is 17.4 Å². The Morgan fingerprint density at radius 2 is 1.90 bits per heavy atom. The predicted octanol–water partition coefficient (Wildman–Crippen LogP) is 4.18. The summed E-state index contributed by atoms with van der Waals surface area (Å²) in [6.45, 7) is 0. The molecule has 1 aliphatic heterocycles. The lowest BCUT2D eigenvalue weighted by molar-refractivity contribution is 0.422. The van der Waals surface area contributed by atoms with E-state index in [1.165, 1.54) is 0 Å². The molecular weight excluding hydrogens is 378 g/mol. The molecule has 0 radical (unpaired) electrons. The normalized spacial score (nSPS) is 14.7. The van der Waals surface area contributed by atoms with Gasteiger partial charge in [-0.1, -0.05) is 42.5 Å². The highest BCUT2D eigenvalue weighted by Crippen LogP contribution is 2.48. The van der Waals surface area contributed by atoms with E-state index in [1.807, 2.05) is 54.7 Å². The predicted molar refractivity (Wildman–Crippen MR) is 110 cm³/mol. The molecule has 0 saturated heterocycles. The van der Waals surface area contributed by atoms with E-state index >= 15 is 0 Å². The highest BCUT2D eigenvalue weighted by Gasteiger charge is 2.33. The first-order valence-electron chi connectivity index (χ1n) is 9.49. The van der Waals surface area contributed by atoms with Crippen molar-refractivity contribution in [1.82, 2.24) is 24.6 Å². The van der Waals surface area contributed by atoms with Crippen molar-refractivity contribution in [3.8, 4) is 28.8 Å². The number of nitrogens with zero attached hydrogens (tertiary/aromatic N) is 5. The largest absolute Gasteiger partial charge is 0.508 e. The van der Waals surface area contributed by atoms with Crippen LogP contribution in [0.15, 0.2) is 79.4 Å². The van der Waals surface area contributed by atoms with Gasteiger partial charge in [-0.25, -0.2) is 14.5 Å². The summed E-state index contributed by atoms with van der Waals surface area (Å²) < 4.78 is 7.74. The molecule has 4 heterocycles. The molecular formula is C23H15N5O2. The second-order valence-electron chi connectivity index (χ2n) is 7.08. The van der Waals surface area contributed by atoms with Crippen LogP contribution in [0.4, 0.5) is 0 Å². The number of phenolic OH excluding ortho intramolecular Hbond substituents is 1. The molecule has 6 rings (SSSR count). The first kappa shape index (κ1) is 16.7. The summed E-state index contributed by atoms with van der Waals surface area (Å²) >= 11 is 0. The van der Waals surface area contributed by atoms with Gasteiger partial charge in [-0.2, -0.15) is 0 Å². The van der Waals surface area contributed by atoms with Crippen LogP contribution in [0.2, 0.25) is 0 Å². The molecule has 7 heteroatoms. The maximum atomic E-state index is 9.95. The lowest BCUT2D eigenvalue weighted by Gasteiger charge is -2.27. The number of pyridine rings is 1. The number of hydrogen-bond donors (Lipinski definition) is 1. The van der Waals surface area contributed by atoms with E-state index in [-0.39, 0.29) is 11.7 Å². The average molecular weight is 393 g/mol. The van der Waals surface area contributed by atoms with Crippen LogP contribution in [0.25, 0.3) is 17.0 Å². The number of aromatic nitrogens is 5. The van der Waals surface area contributed by atoms with Gasteiger partial charge >= 0.3 is 0 Å². The minimum absolute atomic E-state index is 0.136. The SMILES string of the molecule is Oc1ccc2c(c1)Oc1ncn3nc(-c4ccccc4)nc3c1C2c1cccnc1. The van der Waals surface area contributed by atoms with Crippen molar-refractivity contribution in [2.45, 2.75) is 5.92 Å². The van der Waals surface area contributed by atoms with Gasteiger partial charge in [-0.3, -0.25) is 4.98 Å². The van der Waals surface area contributed by atoms with E-state index in [2.05, 4.69) is 15.1 Å². The fraction of sp³-hybridized carbons (Fsp3) is 0.0435. The summed E-state index contributed by atoms with van der Waals surface area (Å²) in [5.74, 6) is 1.56. The third-order valence-electron chi connectivity index (χ3n) is 5.24. The molecule has 0 fully saturated rings. The second-order valence-corrected chi connectivity index (χ2v) is 7.08. The summed E-state index contributed by atoms with van der Waals surface area (Å²) in [4.78, 5) is 13.6. The molecule has 30 heavy (non-hydrogen) atoms. The number of rotatable bonds is 2. The molecule has 1 atom stereocenters. The van der Waals surface area contributed by atoms with Crippen LogP contribution in [-0.4, -0.2) is 29.7 Å². The van der Waals surface area contributed by atoms with Gasteiger partial charge in [0.25, 0.3) is 0 Å². The van der Waals surface area contributed by atoms with Crippen LogP contribution in [0.3, 0.4) is 0 Å². The first-order valence-corrected chi connectivity index (χ1v) is 9.49. The van der Waals surface area contributed by atoms with Crippen LogP contribution < -0.4 is 4.74 Å². The Balaban J connectivity index is 1.63. The number of benzene rings is 2. The van der Waals surface area contributed by atoms with E-state index in [1.54, 1.807) is 29.2 Å². The van der Waals surface area contributed by atoms with Gasteiger partial charge in [0.05, 0.1) is 5.56 Å². The van der Waals surface area contributed by atoms with Crippen LogP contribution >= 0.6 is 0 Å². The van der Waals surface area contributed by atoms with E-state index < -0.39 is 0 Å². The molecule has 5 aromatic rings.